The normalized spacial score (nSPS) is 13.0. The number of benzene rings is 4. The van der Waals surface area contributed by atoms with Gasteiger partial charge in [0.1, 0.15) is 25.8 Å². The van der Waals surface area contributed by atoms with E-state index in [1.165, 1.54) is 17.0 Å². The van der Waals surface area contributed by atoms with Gasteiger partial charge in [0.25, 0.3) is 10.0 Å². The van der Waals surface area contributed by atoms with Crippen molar-refractivity contribution in [2.45, 2.75) is 37.2 Å². The van der Waals surface area contributed by atoms with Gasteiger partial charge in [0.2, 0.25) is 11.8 Å². The van der Waals surface area contributed by atoms with Crippen molar-refractivity contribution in [3.05, 3.63) is 119 Å². The Kier molecular flexibility index (Phi) is 11.0. The van der Waals surface area contributed by atoms with E-state index < -0.39 is 28.5 Å². The van der Waals surface area contributed by atoms with E-state index in [0.717, 1.165) is 26.3 Å². The van der Waals surface area contributed by atoms with Crippen LogP contribution in [-0.4, -0.2) is 57.5 Å². The number of nitrogens with zero attached hydrogens (tertiary/aromatic N) is 2. The first-order valence-corrected chi connectivity index (χ1v) is 17.3. The quantitative estimate of drug-likeness (QED) is 0.195. The number of ether oxygens (including phenoxy) is 2. The van der Waals surface area contributed by atoms with Gasteiger partial charge in [0, 0.05) is 30.0 Å². The van der Waals surface area contributed by atoms with Gasteiger partial charge in [-0.1, -0.05) is 83.5 Å². The molecule has 1 aliphatic rings. The summed E-state index contributed by atoms with van der Waals surface area (Å²) in [5, 5.41) is 2.96. The molecule has 0 bridgehead atoms. The van der Waals surface area contributed by atoms with Crippen molar-refractivity contribution in [1.82, 2.24) is 10.2 Å². The maximum Gasteiger partial charge on any atom is 0.264 e. The highest BCUT2D eigenvalue weighted by Gasteiger charge is 2.35. The third-order valence-corrected chi connectivity index (χ3v) is 9.77. The Balaban J connectivity index is 1.58. The first-order chi connectivity index (χ1) is 22.3. The van der Waals surface area contributed by atoms with Crippen LogP contribution in [0.15, 0.2) is 112 Å². The lowest BCUT2D eigenvalue weighted by Crippen LogP contribution is -2.53. The van der Waals surface area contributed by atoms with Crippen LogP contribution in [-0.2, 0) is 32.6 Å². The molecule has 1 heterocycles. The summed E-state index contributed by atoms with van der Waals surface area (Å²) in [6, 6.07) is 28.8. The van der Waals surface area contributed by atoms with Crippen LogP contribution in [0.1, 0.15) is 24.5 Å². The molecule has 0 fully saturated rings. The Morgan fingerprint density at radius 3 is 2.22 bits per heavy atom. The molecule has 240 valence electrons. The minimum absolute atomic E-state index is 0.0257. The number of anilines is 1. The molecule has 1 N–H and O–H groups in total. The van der Waals surface area contributed by atoms with E-state index in [1.54, 1.807) is 36.4 Å². The summed E-state index contributed by atoms with van der Waals surface area (Å²) in [4.78, 5) is 29.8. The molecule has 1 atom stereocenters. The zero-order chi connectivity index (χ0) is 32.5. The molecule has 0 unspecified atom stereocenters. The minimum atomic E-state index is -4.23. The lowest BCUT2D eigenvalue weighted by atomic mass is 10.0. The molecule has 0 saturated heterocycles. The maximum absolute atomic E-state index is 14.6. The molecule has 0 aliphatic carbocycles. The number of carbonyl (C=O) groups excluding carboxylic acids is 2. The summed E-state index contributed by atoms with van der Waals surface area (Å²) >= 11 is 3.50. The van der Waals surface area contributed by atoms with Crippen molar-refractivity contribution in [3.8, 4) is 11.5 Å². The largest absolute Gasteiger partial charge is 0.486 e. The molecule has 0 aromatic heterocycles. The van der Waals surface area contributed by atoms with Gasteiger partial charge in [-0.25, -0.2) is 8.42 Å². The molecule has 11 heteroatoms. The van der Waals surface area contributed by atoms with Crippen LogP contribution in [0.3, 0.4) is 0 Å². The number of halogens is 1. The van der Waals surface area contributed by atoms with Crippen LogP contribution in [0.25, 0.3) is 0 Å². The van der Waals surface area contributed by atoms with E-state index in [0.29, 0.717) is 31.3 Å². The fourth-order valence-corrected chi connectivity index (χ4v) is 7.06. The second-order valence-corrected chi connectivity index (χ2v) is 13.6. The van der Waals surface area contributed by atoms with Crippen molar-refractivity contribution in [2.75, 3.05) is 30.6 Å². The number of amides is 2. The number of carbonyl (C=O) groups is 2. The van der Waals surface area contributed by atoms with E-state index in [9.17, 15) is 18.0 Å². The van der Waals surface area contributed by atoms with Gasteiger partial charge in [0.15, 0.2) is 11.5 Å². The number of rotatable bonds is 13. The Morgan fingerprint density at radius 1 is 0.848 bits per heavy atom. The summed E-state index contributed by atoms with van der Waals surface area (Å²) in [6.45, 7) is 2.61. The fourth-order valence-electron chi connectivity index (χ4n) is 5.19. The van der Waals surface area contributed by atoms with E-state index in [2.05, 4.69) is 21.2 Å². The molecule has 4 aromatic rings. The number of hydrogen-bond donors (Lipinski definition) is 1. The minimum Gasteiger partial charge on any atom is -0.486 e. The van der Waals surface area contributed by atoms with Crippen molar-refractivity contribution in [3.63, 3.8) is 0 Å². The molecule has 5 rings (SSSR count). The van der Waals surface area contributed by atoms with E-state index in [-0.39, 0.29) is 29.5 Å². The molecule has 4 aromatic carbocycles. The number of hydrogen-bond acceptors (Lipinski definition) is 6. The van der Waals surface area contributed by atoms with E-state index in [1.807, 2.05) is 61.5 Å². The molecule has 46 heavy (non-hydrogen) atoms. The van der Waals surface area contributed by atoms with Crippen molar-refractivity contribution >= 4 is 43.5 Å². The zero-order valence-corrected chi connectivity index (χ0v) is 27.9. The van der Waals surface area contributed by atoms with E-state index in [4.69, 9.17) is 9.47 Å². The van der Waals surface area contributed by atoms with Gasteiger partial charge < -0.3 is 19.7 Å². The topological polar surface area (TPSA) is 105 Å². The molecule has 9 nitrogen and oxygen atoms in total. The van der Waals surface area contributed by atoms with Crippen LogP contribution in [0.4, 0.5) is 5.69 Å². The average molecular weight is 707 g/mol. The van der Waals surface area contributed by atoms with Gasteiger partial charge in [-0.05, 0) is 53.9 Å². The summed E-state index contributed by atoms with van der Waals surface area (Å²) in [5.41, 5.74) is 1.88. The Bertz CT molecular complexity index is 1750. The molecule has 2 amide bonds. The first kappa shape index (κ1) is 33.0. The first-order valence-electron chi connectivity index (χ1n) is 15.1. The van der Waals surface area contributed by atoms with Crippen molar-refractivity contribution in [2.24, 2.45) is 0 Å². The monoisotopic (exact) mass is 705 g/mol. The second-order valence-electron chi connectivity index (χ2n) is 10.8. The lowest BCUT2D eigenvalue weighted by Gasteiger charge is -2.34. The molecule has 0 radical (unpaired) electrons. The van der Waals surface area contributed by atoms with Crippen molar-refractivity contribution < 1.29 is 27.5 Å². The second kappa shape index (κ2) is 15.3. The molecular weight excluding hydrogens is 670 g/mol. The van der Waals surface area contributed by atoms with Crippen molar-refractivity contribution in [1.29, 1.82) is 0 Å². The fraction of sp³-hybridized carbons (Fsp3) is 0.257. The number of nitrogens with one attached hydrogen (secondary N) is 1. The van der Waals surface area contributed by atoms with Gasteiger partial charge in [0.05, 0.1) is 10.6 Å². The smallest absolute Gasteiger partial charge is 0.264 e. The molecule has 0 saturated carbocycles. The van der Waals surface area contributed by atoms with Crippen LogP contribution in [0, 0.1) is 0 Å². The molecular formula is C35H36BrN3O6S. The van der Waals surface area contributed by atoms with Gasteiger partial charge in [-0.2, -0.15) is 0 Å². The van der Waals surface area contributed by atoms with Crippen LogP contribution in [0.2, 0.25) is 0 Å². The summed E-state index contributed by atoms with van der Waals surface area (Å²) in [5.74, 6) is 0.0225. The Morgan fingerprint density at radius 2 is 1.52 bits per heavy atom. The van der Waals surface area contributed by atoms with Crippen LogP contribution in [0.5, 0.6) is 11.5 Å². The van der Waals surface area contributed by atoms with Crippen LogP contribution >= 0.6 is 15.9 Å². The third-order valence-electron chi connectivity index (χ3n) is 7.49. The SMILES string of the molecule is CCCNC(=O)[C@@H](Cc1ccccc1)N(Cc1cccc(Br)c1)C(=O)CN(c1ccc2c(c1)OCCO2)S(=O)(=O)c1ccccc1. The predicted molar refractivity (Wildman–Crippen MR) is 180 cm³/mol. The maximum atomic E-state index is 14.6. The highest BCUT2D eigenvalue weighted by Crippen LogP contribution is 2.36. The number of sulfonamides is 1. The van der Waals surface area contributed by atoms with Crippen LogP contribution < -0.4 is 19.1 Å². The molecule has 0 spiro atoms. The van der Waals surface area contributed by atoms with Gasteiger partial charge in [-0.3, -0.25) is 13.9 Å². The van der Waals surface area contributed by atoms with Gasteiger partial charge in [-0.15, -0.1) is 0 Å². The Labute approximate surface area is 278 Å². The van der Waals surface area contributed by atoms with E-state index >= 15 is 0 Å². The Hall–Kier alpha value is -4.35. The highest BCUT2D eigenvalue weighted by molar-refractivity contribution is 9.10. The average Bonchev–Trinajstić information content (AvgIpc) is 3.08. The standard InChI is InChI=1S/C35H36BrN3O6S/c1-2-18-37-35(41)31(22-26-10-5-3-6-11-26)38(24-27-12-9-13-28(36)21-27)34(40)25-39(46(42,43)30-14-7-4-8-15-30)29-16-17-32-33(23-29)45-20-19-44-32/h3-17,21,23,31H,2,18-20,22,24-25H2,1H3,(H,37,41)/t31-/m1/s1. The summed E-state index contributed by atoms with van der Waals surface area (Å²) in [7, 11) is -4.23. The summed E-state index contributed by atoms with van der Waals surface area (Å²) < 4.78 is 41.7. The zero-order valence-electron chi connectivity index (χ0n) is 25.5. The number of fused-ring (bicyclic) bond motifs is 1. The third kappa shape index (κ3) is 8.07. The lowest BCUT2D eigenvalue weighted by molar-refractivity contribution is -0.140. The summed E-state index contributed by atoms with van der Waals surface area (Å²) in [6.07, 6.45) is 0.960. The van der Waals surface area contributed by atoms with Gasteiger partial charge >= 0.3 is 0 Å². The molecule has 1 aliphatic heterocycles. The highest BCUT2D eigenvalue weighted by atomic mass is 79.9. The predicted octanol–water partition coefficient (Wildman–Crippen LogP) is 5.58.